The Morgan fingerprint density at radius 1 is 0.933 bits per heavy atom. The van der Waals surface area contributed by atoms with Gasteiger partial charge in [-0.2, -0.15) is 5.10 Å². The van der Waals surface area contributed by atoms with E-state index in [0.717, 1.165) is 43.0 Å². The number of rotatable bonds is 6. The first kappa shape index (κ1) is 20.5. The van der Waals surface area contributed by atoms with Crippen LogP contribution in [0.5, 0.6) is 0 Å². The third-order valence-electron chi connectivity index (χ3n) is 5.48. The third kappa shape index (κ3) is 4.86. The van der Waals surface area contributed by atoms with Crippen molar-refractivity contribution in [2.45, 2.75) is 26.9 Å². The van der Waals surface area contributed by atoms with Gasteiger partial charge in [0.25, 0.3) is 5.56 Å². The lowest BCUT2D eigenvalue weighted by Gasteiger charge is -2.27. The van der Waals surface area contributed by atoms with Crippen LogP contribution >= 0.6 is 0 Å². The molecule has 0 bridgehead atoms. The molecule has 1 aliphatic rings. The largest absolute Gasteiger partial charge is 0.314 e. The quantitative estimate of drug-likeness (QED) is 0.684. The van der Waals surface area contributed by atoms with Gasteiger partial charge in [0.15, 0.2) is 0 Å². The van der Waals surface area contributed by atoms with Crippen molar-refractivity contribution in [3.63, 3.8) is 0 Å². The molecule has 0 spiro atoms. The normalized spacial score (nSPS) is 14.9. The minimum atomic E-state index is 0.0342. The van der Waals surface area contributed by atoms with Gasteiger partial charge in [-0.1, -0.05) is 68.4 Å². The standard InChI is InChI=1S/C25H30N4O/c1-19(2)17-29-25(30)23(18-28-14-12-26-13-15-28)16-24(27-29)22-10-8-21(9-11-22)20-6-4-3-5-7-20/h3-11,16,19,26H,12-15,17-18H2,1-2H3. The average molecular weight is 403 g/mol. The predicted octanol–water partition coefficient (Wildman–Crippen LogP) is 3.64. The molecule has 5 nitrogen and oxygen atoms in total. The molecule has 1 N–H and O–H groups in total. The summed E-state index contributed by atoms with van der Waals surface area (Å²) in [7, 11) is 0. The van der Waals surface area contributed by atoms with Crippen LogP contribution in [-0.4, -0.2) is 40.9 Å². The number of nitrogens with zero attached hydrogens (tertiary/aromatic N) is 3. The summed E-state index contributed by atoms with van der Waals surface area (Å²) >= 11 is 0. The maximum Gasteiger partial charge on any atom is 0.271 e. The molecule has 156 valence electrons. The number of benzene rings is 2. The Bertz CT molecular complexity index is 1020. The van der Waals surface area contributed by atoms with Crippen molar-refractivity contribution in [3.05, 3.63) is 76.6 Å². The van der Waals surface area contributed by atoms with Gasteiger partial charge in [-0.05, 0) is 23.1 Å². The first-order valence-corrected chi connectivity index (χ1v) is 10.8. The summed E-state index contributed by atoms with van der Waals surface area (Å²) in [5, 5.41) is 8.08. The number of piperazine rings is 1. The second kappa shape index (κ2) is 9.37. The number of hydrogen-bond donors (Lipinski definition) is 1. The molecule has 1 aliphatic heterocycles. The van der Waals surface area contributed by atoms with Crippen molar-refractivity contribution in [2.24, 2.45) is 5.92 Å². The molecule has 30 heavy (non-hydrogen) atoms. The molecule has 1 fully saturated rings. The predicted molar refractivity (Wildman–Crippen MR) is 122 cm³/mol. The van der Waals surface area contributed by atoms with Crippen LogP contribution in [0.4, 0.5) is 0 Å². The minimum absolute atomic E-state index is 0.0342. The molecule has 1 aromatic heterocycles. The SMILES string of the molecule is CC(C)Cn1nc(-c2ccc(-c3ccccc3)cc2)cc(CN2CCNCC2)c1=O. The van der Waals surface area contributed by atoms with Gasteiger partial charge in [0.05, 0.1) is 5.69 Å². The van der Waals surface area contributed by atoms with E-state index in [9.17, 15) is 4.79 Å². The lowest BCUT2D eigenvalue weighted by Crippen LogP contribution is -2.44. The van der Waals surface area contributed by atoms with Crippen LogP contribution in [0.15, 0.2) is 65.5 Å². The lowest BCUT2D eigenvalue weighted by atomic mass is 10.0. The first-order valence-electron chi connectivity index (χ1n) is 10.8. The highest BCUT2D eigenvalue weighted by Gasteiger charge is 2.16. The van der Waals surface area contributed by atoms with Gasteiger partial charge < -0.3 is 5.32 Å². The number of aromatic nitrogens is 2. The number of hydrogen-bond acceptors (Lipinski definition) is 4. The second-order valence-electron chi connectivity index (χ2n) is 8.41. The van der Waals surface area contributed by atoms with Gasteiger partial charge in [-0.3, -0.25) is 9.69 Å². The van der Waals surface area contributed by atoms with E-state index in [4.69, 9.17) is 5.10 Å². The summed E-state index contributed by atoms with van der Waals surface area (Å²) in [4.78, 5) is 15.4. The van der Waals surface area contributed by atoms with Crippen molar-refractivity contribution >= 4 is 0 Å². The fourth-order valence-corrected chi connectivity index (χ4v) is 3.90. The monoisotopic (exact) mass is 402 g/mol. The summed E-state index contributed by atoms with van der Waals surface area (Å²) in [5.41, 5.74) is 5.13. The van der Waals surface area contributed by atoms with Gasteiger partial charge in [-0.15, -0.1) is 0 Å². The Morgan fingerprint density at radius 2 is 1.57 bits per heavy atom. The minimum Gasteiger partial charge on any atom is -0.314 e. The third-order valence-corrected chi connectivity index (χ3v) is 5.48. The highest BCUT2D eigenvalue weighted by Crippen LogP contribution is 2.24. The summed E-state index contributed by atoms with van der Waals surface area (Å²) in [6.45, 7) is 9.41. The Morgan fingerprint density at radius 3 is 2.23 bits per heavy atom. The van der Waals surface area contributed by atoms with Crippen LogP contribution in [-0.2, 0) is 13.1 Å². The van der Waals surface area contributed by atoms with E-state index in [0.29, 0.717) is 19.0 Å². The molecule has 0 aliphatic carbocycles. The molecule has 0 radical (unpaired) electrons. The maximum absolute atomic E-state index is 13.1. The van der Waals surface area contributed by atoms with Crippen molar-refractivity contribution in [2.75, 3.05) is 26.2 Å². The van der Waals surface area contributed by atoms with Gasteiger partial charge >= 0.3 is 0 Å². The molecular weight excluding hydrogens is 372 g/mol. The van der Waals surface area contributed by atoms with E-state index in [2.05, 4.69) is 72.6 Å². The van der Waals surface area contributed by atoms with Crippen LogP contribution in [0.1, 0.15) is 19.4 Å². The molecule has 0 unspecified atom stereocenters. The van der Waals surface area contributed by atoms with E-state index in [-0.39, 0.29) is 5.56 Å². The summed E-state index contributed by atoms with van der Waals surface area (Å²) in [5.74, 6) is 0.359. The van der Waals surface area contributed by atoms with Crippen molar-refractivity contribution in [1.82, 2.24) is 20.0 Å². The maximum atomic E-state index is 13.1. The van der Waals surface area contributed by atoms with Gasteiger partial charge in [0.1, 0.15) is 0 Å². The second-order valence-corrected chi connectivity index (χ2v) is 8.41. The van der Waals surface area contributed by atoms with E-state index >= 15 is 0 Å². The van der Waals surface area contributed by atoms with Gasteiger partial charge in [-0.25, -0.2) is 4.68 Å². The van der Waals surface area contributed by atoms with E-state index in [1.807, 2.05) is 12.1 Å². The van der Waals surface area contributed by atoms with Crippen molar-refractivity contribution < 1.29 is 0 Å². The molecule has 2 aromatic carbocycles. The zero-order valence-corrected chi connectivity index (χ0v) is 17.8. The van der Waals surface area contributed by atoms with Gasteiger partial charge in [0.2, 0.25) is 0 Å². The molecule has 2 heterocycles. The highest BCUT2D eigenvalue weighted by atomic mass is 16.1. The molecule has 1 saturated heterocycles. The summed E-state index contributed by atoms with van der Waals surface area (Å²) in [6, 6.07) is 20.8. The molecule has 5 heteroatoms. The fraction of sp³-hybridized carbons (Fsp3) is 0.360. The molecular formula is C25H30N4O. The Hall–Kier alpha value is -2.76. The van der Waals surface area contributed by atoms with Crippen LogP contribution < -0.4 is 10.9 Å². The van der Waals surface area contributed by atoms with E-state index in [1.54, 1.807) is 4.68 Å². The molecule has 3 aromatic rings. The lowest BCUT2D eigenvalue weighted by molar-refractivity contribution is 0.231. The Balaban J connectivity index is 1.67. The zero-order valence-electron chi connectivity index (χ0n) is 17.8. The molecule has 0 amide bonds. The average Bonchev–Trinajstić information content (AvgIpc) is 2.77. The summed E-state index contributed by atoms with van der Waals surface area (Å²) in [6.07, 6.45) is 0. The van der Waals surface area contributed by atoms with E-state index in [1.165, 1.54) is 11.1 Å². The van der Waals surface area contributed by atoms with Crippen LogP contribution in [0.3, 0.4) is 0 Å². The smallest absolute Gasteiger partial charge is 0.271 e. The van der Waals surface area contributed by atoms with Crippen LogP contribution in [0.25, 0.3) is 22.4 Å². The summed E-state index contributed by atoms with van der Waals surface area (Å²) < 4.78 is 1.66. The first-order chi connectivity index (χ1) is 14.6. The Kier molecular flexibility index (Phi) is 6.41. The molecule has 0 saturated carbocycles. The van der Waals surface area contributed by atoms with E-state index < -0.39 is 0 Å². The molecule has 0 atom stereocenters. The fourth-order valence-electron chi connectivity index (χ4n) is 3.90. The highest BCUT2D eigenvalue weighted by molar-refractivity contribution is 5.68. The Labute approximate surface area is 178 Å². The zero-order chi connectivity index (χ0) is 20.9. The topological polar surface area (TPSA) is 50.2 Å². The van der Waals surface area contributed by atoms with Crippen LogP contribution in [0.2, 0.25) is 0 Å². The van der Waals surface area contributed by atoms with Gasteiger partial charge in [0, 0.05) is 50.4 Å². The van der Waals surface area contributed by atoms with Crippen molar-refractivity contribution in [3.8, 4) is 22.4 Å². The number of nitrogens with one attached hydrogen (secondary N) is 1. The molecule has 4 rings (SSSR count). The van der Waals surface area contributed by atoms with Crippen LogP contribution in [0, 0.1) is 5.92 Å². The van der Waals surface area contributed by atoms with Crippen molar-refractivity contribution in [1.29, 1.82) is 0 Å².